The Morgan fingerprint density at radius 3 is 2.20 bits per heavy atom. The molecule has 0 radical (unpaired) electrons. The Hall–Kier alpha value is -0.870. The maximum atomic E-state index is 4.87. The minimum atomic E-state index is 0.597. The van der Waals surface area contributed by atoms with Crippen LogP contribution in [0.3, 0.4) is 0 Å². The van der Waals surface area contributed by atoms with Crippen molar-refractivity contribution >= 4 is 0 Å². The number of ether oxygens (including phenoxy) is 1. The van der Waals surface area contributed by atoms with Gasteiger partial charge in [0.05, 0.1) is 12.8 Å². The van der Waals surface area contributed by atoms with Crippen molar-refractivity contribution in [1.82, 2.24) is 14.7 Å². The number of likely N-dealkylation sites (N-methyl/N-ethyl adjacent to an activating group) is 1. The van der Waals surface area contributed by atoms with E-state index in [9.17, 15) is 0 Å². The zero-order valence-electron chi connectivity index (χ0n) is 14.8. The van der Waals surface area contributed by atoms with E-state index in [4.69, 9.17) is 4.74 Å². The Labute approximate surface area is 126 Å². The van der Waals surface area contributed by atoms with Crippen molar-refractivity contribution in [3.05, 3.63) is 18.0 Å². The molecule has 0 amide bonds. The lowest BCUT2D eigenvalue weighted by atomic mass is 10.1. The van der Waals surface area contributed by atoms with E-state index in [0.29, 0.717) is 5.92 Å². The van der Waals surface area contributed by atoms with E-state index in [1.54, 1.807) is 7.11 Å². The van der Waals surface area contributed by atoms with E-state index >= 15 is 0 Å². The van der Waals surface area contributed by atoms with Crippen molar-refractivity contribution in [2.24, 2.45) is 0 Å². The molecule has 0 spiro atoms. The van der Waals surface area contributed by atoms with Crippen LogP contribution in [-0.4, -0.2) is 48.5 Å². The minimum absolute atomic E-state index is 0.597. The number of rotatable bonds is 6. The van der Waals surface area contributed by atoms with Crippen molar-refractivity contribution in [1.29, 1.82) is 0 Å². The Morgan fingerprint density at radius 1 is 1.30 bits per heavy atom. The number of aromatic nitrogens is 2. The highest BCUT2D eigenvalue weighted by atomic mass is 16.5. The summed E-state index contributed by atoms with van der Waals surface area (Å²) in [4.78, 5) is 2.21. The van der Waals surface area contributed by atoms with Crippen molar-refractivity contribution < 1.29 is 4.74 Å². The molecule has 1 rings (SSSR count). The second kappa shape index (κ2) is 14.5. The standard InChI is InChI=1S/C8H14N2.C6H15NO.C2H6/c1-4-10-6-8(5-9-10)7(2)3;1-4-7(2)5-6-8-3;1-2/h5-7H,4H2,1-3H3;4-6H2,1-3H3;1-2H3. The first-order valence-electron chi connectivity index (χ1n) is 7.74. The summed E-state index contributed by atoms with van der Waals surface area (Å²) in [6.45, 7) is 16.5. The maximum absolute atomic E-state index is 4.87. The highest BCUT2D eigenvalue weighted by Crippen LogP contribution is 2.11. The molecular formula is C16H35N3O. The summed E-state index contributed by atoms with van der Waals surface area (Å²) in [7, 11) is 3.81. The van der Waals surface area contributed by atoms with Gasteiger partial charge in [-0.15, -0.1) is 0 Å². The summed E-state index contributed by atoms with van der Waals surface area (Å²) in [5.41, 5.74) is 1.32. The monoisotopic (exact) mass is 285 g/mol. The number of hydrogen-bond donors (Lipinski definition) is 0. The molecule has 0 bridgehead atoms. The van der Waals surface area contributed by atoms with Gasteiger partial charge in [-0.3, -0.25) is 4.68 Å². The van der Waals surface area contributed by atoms with Crippen molar-refractivity contribution in [2.45, 2.75) is 54.0 Å². The maximum Gasteiger partial charge on any atom is 0.0589 e. The Bertz CT molecular complexity index is 298. The van der Waals surface area contributed by atoms with Crippen LogP contribution >= 0.6 is 0 Å². The zero-order valence-corrected chi connectivity index (χ0v) is 14.8. The summed E-state index contributed by atoms with van der Waals surface area (Å²) in [6.07, 6.45) is 4.04. The molecule has 1 aromatic rings. The first-order valence-corrected chi connectivity index (χ1v) is 7.74. The smallest absolute Gasteiger partial charge is 0.0589 e. The lowest BCUT2D eigenvalue weighted by Gasteiger charge is -2.11. The van der Waals surface area contributed by atoms with Gasteiger partial charge in [-0.2, -0.15) is 5.10 Å². The van der Waals surface area contributed by atoms with Gasteiger partial charge >= 0.3 is 0 Å². The Morgan fingerprint density at radius 2 is 1.90 bits per heavy atom. The third-order valence-electron chi connectivity index (χ3n) is 2.86. The fourth-order valence-electron chi connectivity index (χ4n) is 1.26. The van der Waals surface area contributed by atoms with E-state index < -0.39 is 0 Å². The van der Waals surface area contributed by atoms with E-state index in [0.717, 1.165) is 26.2 Å². The summed E-state index contributed by atoms with van der Waals surface area (Å²) >= 11 is 0. The van der Waals surface area contributed by atoms with Gasteiger partial charge in [-0.25, -0.2) is 0 Å². The van der Waals surface area contributed by atoms with Crippen LogP contribution in [0.15, 0.2) is 12.4 Å². The number of nitrogens with zero attached hydrogens (tertiary/aromatic N) is 3. The predicted molar refractivity (Wildman–Crippen MR) is 88.4 cm³/mol. The average molecular weight is 285 g/mol. The van der Waals surface area contributed by atoms with Gasteiger partial charge in [0.25, 0.3) is 0 Å². The second-order valence-corrected chi connectivity index (χ2v) is 4.67. The quantitative estimate of drug-likeness (QED) is 0.799. The number of hydrogen-bond acceptors (Lipinski definition) is 3. The molecule has 4 nitrogen and oxygen atoms in total. The third-order valence-corrected chi connectivity index (χ3v) is 2.86. The highest BCUT2D eigenvalue weighted by Gasteiger charge is 2.00. The molecule has 120 valence electrons. The van der Waals surface area contributed by atoms with Crippen molar-refractivity contribution in [3.8, 4) is 0 Å². The molecule has 0 aliphatic carbocycles. The molecule has 0 aliphatic rings. The van der Waals surface area contributed by atoms with Gasteiger partial charge < -0.3 is 9.64 Å². The molecule has 20 heavy (non-hydrogen) atoms. The summed E-state index contributed by atoms with van der Waals surface area (Å²) in [6, 6.07) is 0. The molecule has 0 aliphatic heterocycles. The van der Waals surface area contributed by atoms with Crippen LogP contribution in [0.4, 0.5) is 0 Å². The topological polar surface area (TPSA) is 30.3 Å². The second-order valence-electron chi connectivity index (χ2n) is 4.67. The van der Waals surface area contributed by atoms with Crippen LogP contribution in [0, 0.1) is 0 Å². The summed E-state index contributed by atoms with van der Waals surface area (Å²) in [5, 5.41) is 4.17. The minimum Gasteiger partial charge on any atom is -0.383 e. The molecule has 0 fully saturated rings. The molecule has 1 heterocycles. The average Bonchev–Trinajstić information content (AvgIpc) is 2.96. The van der Waals surface area contributed by atoms with Gasteiger partial charge in [0.15, 0.2) is 0 Å². The molecule has 0 N–H and O–H groups in total. The van der Waals surface area contributed by atoms with Crippen LogP contribution in [-0.2, 0) is 11.3 Å². The van der Waals surface area contributed by atoms with E-state index in [2.05, 4.69) is 50.9 Å². The largest absolute Gasteiger partial charge is 0.383 e. The molecule has 0 unspecified atom stereocenters. The van der Waals surface area contributed by atoms with Crippen LogP contribution in [0.5, 0.6) is 0 Å². The lowest BCUT2D eigenvalue weighted by molar-refractivity contribution is 0.164. The molecule has 0 saturated heterocycles. The van der Waals surface area contributed by atoms with Gasteiger partial charge in [-0.05, 0) is 32.0 Å². The van der Waals surface area contributed by atoms with Gasteiger partial charge in [0, 0.05) is 26.4 Å². The SMILES string of the molecule is CC.CCN(C)CCOC.CCn1cc(C(C)C)cn1. The molecular weight excluding hydrogens is 250 g/mol. The van der Waals surface area contributed by atoms with Crippen LogP contribution in [0.25, 0.3) is 0 Å². The van der Waals surface area contributed by atoms with E-state index in [1.807, 2.05) is 24.7 Å². The first-order chi connectivity index (χ1) is 9.54. The van der Waals surface area contributed by atoms with Gasteiger partial charge in [-0.1, -0.05) is 34.6 Å². The summed E-state index contributed by atoms with van der Waals surface area (Å²) < 4.78 is 6.83. The Balaban J connectivity index is 0. The molecule has 0 aromatic carbocycles. The van der Waals surface area contributed by atoms with Crippen molar-refractivity contribution in [3.63, 3.8) is 0 Å². The van der Waals surface area contributed by atoms with Gasteiger partial charge in [0.2, 0.25) is 0 Å². The van der Waals surface area contributed by atoms with Crippen LogP contribution in [0.1, 0.15) is 53.0 Å². The number of methoxy groups -OCH3 is 1. The van der Waals surface area contributed by atoms with E-state index in [1.165, 1.54) is 5.56 Å². The van der Waals surface area contributed by atoms with Crippen molar-refractivity contribution in [2.75, 3.05) is 33.9 Å². The zero-order chi connectivity index (χ0) is 16.0. The summed E-state index contributed by atoms with van der Waals surface area (Å²) in [5.74, 6) is 0.597. The van der Waals surface area contributed by atoms with Crippen LogP contribution < -0.4 is 0 Å². The molecule has 1 aromatic heterocycles. The van der Waals surface area contributed by atoms with Crippen LogP contribution in [0.2, 0.25) is 0 Å². The highest BCUT2D eigenvalue weighted by molar-refractivity contribution is 5.08. The fourth-order valence-corrected chi connectivity index (χ4v) is 1.26. The molecule has 0 saturated carbocycles. The normalized spacial score (nSPS) is 9.90. The third kappa shape index (κ3) is 11.0. The van der Waals surface area contributed by atoms with E-state index in [-0.39, 0.29) is 0 Å². The van der Waals surface area contributed by atoms with Gasteiger partial charge in [0.1, 0.15) is 0 Å². The Kier molecular flexibility index (Phi) is 15.6. The fraction of sp³-hybridized carbons (Fsp3) is 0.812. The molecule has 4 heteroatoms. The predicted octanol–water partition coefficient (Wildman–Crippen LogP) is 3.64. The number of aryl methyl sites for hydroxylation is 1. The lowest BCUT2D eigenvalue weighted by Crippen LogP contribution is -2.21. The first kappa shape index (κ1) is 21.4. The molecule has 0 atom stereocenters.